The summed E-state index contributed by atoms with van der Waals surface area (Å²) in [6.45, 7) is 2.36. The number of hydrogen-bond acceptors (Lipinski definition) is 9. The van der Waals surface area contributed by atoms with Crippen molar-refractivity contribution in [2.75, 3.05) is 25.1 Å². The van der Waals surface area contributed by atoms with Gasteiger partial charge in [-0.1, -0.05) is 23.5 Å². The van der Waals surface area contributed by atoms with Gasteiger partial charge < -0.3 is 15.0 Å². The first-order valence-corrected chi connectivity index (χ1v) is 15.7. The molecule has 1 aliphatic heterocycles. The number of rotatable bonds is 10. The fourth-order valence-electron chi connectivity index (χ4n) is 4.59. The monoisotopic (exact) mass is 593 g/mol. The summed E-state index contributed by atoms with van der Waals surface area (Å²) in [7, 11) is -2.71. The average molecular weight is 594 g/mol. The lowest BCUT2D eigenvalue weighted by Crippen LogP contribution is -2.29. The molecule has 212 valence electrons. The molecule has 1 atom stereocenters. The van der Waals surface area contributed by atoms with Gasteiger partial charge in [0.25, 0.3) is 5.19 Å². The van der Waals surface area contributed by atoms with Crippen molar-refractivity contribution < 1.29 is 18.1 Å². The van der Waals surface area contributed by atoms with Crippen LogP contribution in [0.5, 0.6) is 5.19 Å². The summed E-state index contributed by atoms with van der Waals surface area (Å²) in [6, 6.07) is 11.3. The van der Waals surface area contributed by atoms with Crippen LogP contribution in [0.15, 0.2) is 48.7 Å². The first-order valence-electron chi connectivity index (χ1n) is 12.8. The van der Waals surface area contributed by atoms with Crippen LogP contribution in [-0.4, -0.2) is 54.6 Å². The van der Waals surface area contributed by atoms with E-state index in [9.17, 15) is 13.4 Å². The van der Waals surface area contributed by atoms with Crippen molar-refractivity contribution in [3.05, 3.63) is 81.9 Å². The van der Waals surface area contributed by atoms with Crippen LogP contribution in [0, 0.1) is 21.9 Å². The molecular weight excluding hydrogens is 565 g/mol. The van der Waals surface area contributed by atoms with E-state index >= 15 is 0 Å². The molecule has 4 aromatic rings. The largest absolute Gasteiger partial charge is 0.465 e. The van der Waals surface area contributed by atoms with E-state index in [1.54, 1.807) is 36.5 Å². The highest BCUT2D eigenvalue weighted by Gasteiger charge is 2.20. The van der Waals surface area contributed by atoms with Gasteiger partial charge in [0.2, 0.25) is 5.91 Å². The summed E-state index contributed by atoms with van der Waals surface area (Å²) >= 11 is 1.40. The summed E-state index contributed by atoms with van der Waals surface area (Å²) < 4.78 is 41.7. The number of carbonyl (C=O) groups excluding carboxylic acids is 1. The Hall–Kier alpha value is -4.12. The second-order valence-electron chi connectivity index (χ2n) is 9.87. The zero-order valence-corrected chi connectivity index (χ0v) is 23.9. The minimum Gasteiger partial charge on any atom is -0.465 e. The zero-order valence-electron chi connectivity index (χ0n) is 22.3. The number of ether oxygens (including phenoxy) is 1. The molecule has 0 saturated heterocycles. The third kappa shape index (κ3) is 6.79. The molecule has 5 rings (SSSR count). The minimum atomic E-state index is -2.71. The van der Waals surface area contributed by atoms with E-state index in [0.717, 1.165) is 34.8 Å². The fourth-order valence-corrected chi connectivity index (χ4v) is 5.95. The first-order chi connectivity index (χ1) is 19.6. The van der Waals surface area contributed by atoms with Gasteiger partial charge in [-0.2, -0.15) is 5.26 Å². The van der Waals surface area contributed by atoms with Crippen molar-refractivity contribution in [2.24, 2.45) is 5.73 Å². The molecule has 1 aliphatic rings. The van der Waals surface area contributed by atoms with E-state index in [0.29, 0.717) is 41.5 Å². The van der Waals surface area contributed by atoms with Gasteiger partial charge in [-0.05, 0) is 42.3 Å². The van der Waals surface area contributed by atoms with E-state index in [1.807, 2.05) is 10.6 Å². The molecule has 1 unspecified atom stereocenters. The number of nitrogens with one attached hydrogen (secondary N) is 1. The number of halogens is 1. The topological polar surface area (TPSA) is 151 Å². The summed E-state index contributed by atoms with van der Waals surface area (Å²) in [4.78, 5) is 24.1. The third-order valence-corrected chi connectivity index (χ3v) is 8.76. The molecule has 3 heterocycles. The first kappa shape index (κ1) is 28.4. The highest BCUT2D eigenvalue weighted by molar-refractivity contribution is 7.91. The van der Waals surface area contributed by atoms with Gasteiger partial charge in [0, 0.05) is 58.7 Å². The van der Waals surface area contributed by atoms with E-state index in [1.165, 1.54) is 23.7 Å². The molecule has 2 aromatic carbocycles. The van der Waals surface area contributed by atoms with Crippen LogP contribution in [0.1, 0.15) is 38.6 Å². The second kappa shape index (κ2) is 11.8. The van der Waals surface area contributed by atoms with Gasteiger partial charge >= 0.3 is 0 Å². The van der Waals surface area contributed by atoms with Crippen LogP contribution in [0.25, 0.3) is 16.6 Å². The fraction of sp³-hybridized carbons (Fsp3) is 0.286. The number of primary amides is 1. The summed E-state index contributed by atoms with van der Waals surface area (Å²) in [6.07, 6.45) is 6.10. The Labute approximate surface area is 240 Å². The Kier molecular flexibility index (Phi) is 8.16. The SMILES string of the molecule is CS(=N)(=O)CCn1c(CN2CC=C(c3cnc(OCc4ccc(C#N)cc4F)s3)CC2)nc2ccc(C(N)=O)cc21. The average Bonchev–Trinajstić information content (AvgIpc) is 3.55. The Morgan fingerprint density at radius 1 is 1.32 bits per heavy atom. The quantitative estimate of drug-likeness (QED) is 0.280. The smallest absolute Gasteiger partial charge is 0.274 e. The molecule has 2 aromatic heterocycles. The number of hydrogen-bond donors (Lipinski definition) is 2. The standard InChI is InChI=1S/C28H28FN7O3S2/c1-41(32,38)11-10-36-24-13-20(27(31)37)4-5-23(24)34-26(36)16-35-8-6-19(7-9-35)25-15-33-28(40-25)39-17-21-3-2-18(14-30)12-22(21)29/h2-6,12-13,15,32H,7-11,16-17H2,1H3,(H2,31,37). The molecule has 10 nitrogen and oxygen atoms in total. The number of aromatic nitrogens is 3. The van der Waals surface area contributed by atoms with Crippen molar-refractivity contribution in [1.82, 2.24) is 19.4 Å². The number of nitriles is 1. The molecule has 41 heavy (non-hydrogen) atoms. The number of nitrogens with two attached hydrogens (primary N) is 1. The van der Waals surface area contributed by atoms with E-state index in [-0.39, 0.29) is 17.9 Å². The van der Waals surface area contributed by atoms with Crippen molar-refractivity contribution >= 4 is 43.6 Å². The van der Waals surface area contributed by atoms with Crippen molar-refractivity contribution in [1.29, 1.82) is 10.0 Å². The number of aryl methyl sites for hydroxylation is 1. The molecule has 0 saturated carbocycles. The van der Waals surface area contributed by atoms with E-state index in [2.05, 4.69) is 16.0 Å². The number of amides is 1. The Morgan fingerprint density at radius 3 is 2.83 bits per heavy atom. The van der Waals surface area contributed by atoms with Crippen LogP contribution in [-0.2, 0) is 29.4 Å². The zero-order chi connectivity index (χ0) is 29.1. The summed E-state index contributed by atoms with van der Waals surface area (Å²) in [5, 5.41) is 9.34. The minimum absolute atomic E-state index is 0.0203. The Bertz CT molecular complexity index is 1800. The van der Waals surface area contributed by atoms with Gasteiger partial charge in [-0.25, -0.2) is 14.4 Å². The van der Waals surface area contributed by atoms with Crippen LogP contribution < -0.4 is 10.5 Å². The second-order valence-corrected chi connectivity index (χ2v) is 13.3. The maximum atomic E-state index is 14.2. The van der Waals surface area contributed by atoms with Crippen molar-refractivity contribution in [2.45, 2.75) is 26.1 Å². The molecule has 0 bridgehead atoms. The van der Waals surface area contributed by atoms with Crippen LogP contribution in [0.3, 0.4) is 0 Å². The molecule has 0 spiro atoms. The van der Waals surface area contributed by atoms with E-state index < -0.39 is 21.5 Å². The maximum Gasteiger partial charge on any atom is 0.274 e. The predicted octanol–water partition coefficient (Wildman–Crippen LogP) is 4.15. The van der Waals surface area contributed by atoms with Crippen LogP contribution in [0.2, 0.25) is 0 Å². The van der Waals surface area contributed by atoms with Crippen LogP contribution in [0.4, 0.5) is 4.39 Å². The van der Waals surface area contributed by atoms with Crippen LogP contribution >= 0.6 is 11.3 Å². The molecule has 0 radical (unpaired) electrons. The number of fused-ring (bicyclic) bond motifs is 1. The molecule has 0 aliphatic carbocycles. The Balaban J connectivity index is 1.26. The Morgan fingerprint density at radius 2 is 2.15 bits per heavy atom. The van der Waals surface area contributed by atoms with Crippen molar-refractivity contribution in [3.8, 4) is 11.3 Å². The third-order valence-electron chi connectivity index (χ3n) is 6.81. The van der Waals surface area contributed by atoms with Gasteiger partial charge in [0.15, 0.2) is 0 Å². The van der Waals surface area contributed by atoms with Crippen molar-refractivity contribution in [3.63, 3.8) is 0 Å². The van der Waals surface area contributed by atoms with Gasteiger partial charge in [0.1, 0.15) is 18.2 Å². The lowest BCUT2D eigenvalue weighted by molar-refractivity contribution is 0.100. The molecule has 0 fully saturated rings. The highest BCUT2D eigenvalue weighted by atomic mass is 32.2. The highest BCUT2D eigenvalue weighted by Crippen LogP contribution is 2.32. The summed E-state index contributed by atoms with van der Waals surface area (Å²) in [5.41, 5.74) is 9.06. The number of thiazole rings is 1. The molecule has 3 N–H and O–H groups in total. The van der Waals surface area contributed by atoms with Gasteiger partial charge in [0.05, 0.1) is 34.1 Å². The summed E-state index contributed by atoms with van der Waals surface area (Å²) in [5.74, 6) is -0.0803. The number of nitrogens with zero attached hydrogens (tertiary/aromatic N) is 5. The van der Waals surface area contributed by atoms with E-state index in [4.69, 9.17) is 25.5 Å². The lowest BCUT2D eigenvalue weighted by Gasteiger charge is -2.26. The number of imidazole rings is 1. The number of benzene rings is 2. The molecule has 13 heteroatoms. The normalized spacial score (nSPS) is 15.3. The lowest BCUT2D eigenvalue weighted by atomic mass is 10.1. The number of carbonyl (C=O) groups is 1. The molecule has 1 amide bonds. The molecular formula is C28H28FN7O3S2. The maximum absolute atomic E-state index is 14.2. The van der Waals surface area contributed by atoms with Gasteiger partial charge in [-0.15, -0.1) is 0 Å². The predicted molar refractivity (Wildman–Crippen MR) is 155 cm³/mol. The van der Waals surface area contributed by atoms with Gasteiger partial charge in [-0.3, -0.25) is 18.7 Å².